The molecule has 5 heteroatoms. The summed E-state index contributed by atoms with van der Waals surface area (Å²) in [6.45, 7) is 4.60. The van der Waals surface area contributed by atoms with Crippen molar-refractivity contribution >= 4 is 24.0 Å². The Balaban J connectivity index is 0.00000256. The number of hydrogen-bond donors (Lipinski definition) is 3. The summed E-state index contributed by atoms with van der Waals surface area (Å²) in [6.07, 6.45) is 0. The number of rotatable bonds is 4. The highest BCUT2D eigenvalue weighted by atomic mass is 35.5. The lowest BCUT2D eigenvalue weighted by molar-refractivity contribution is 0.0963. The van der Waals surface area contributed by atoms with Gasteiger partial charge in [-0.25, -0.2) is 0 Å². The van der Waals surface area contributed by atoms with Crippen LogP contribution in [-0.4, -0.2) is 25.0 Å². The Morgan fingerprint density at radius 2 is 1.82 bits per heavy atom. The molecule has 0 fully saturated rings. The lowest BCUT2D eigenvalue weighted by atomic mass is 10.1. The zero-order valence-electron chi connectivity index (χ0n) is 10.4. The second kappa shape index (κ2) is 6.47. The molecule has 17 heavy (non-hydrogen) atoms. The van der Waals surface area contributed by atoms with Crippen molar-refractivity contribution in [2.24, 2.45) is 5.73 Å². The first-order chi connectivity index (χ1) is 7.42. The van der Waals surface area contributed by atoms with Crippen LogP contribution in [0, 0.1) is 0 Å². The van der Waals surface area contributed by atoms with Gasteiger partial charge < -0.3 is 16.4 Å². The molecule has 0 heterocycles. The summed E-state index contributed by atoms with van der Waals surface area (Å²) in [5.41, 5.74) is 7.22. The Morgan fingerprint density at radius 3 is 2.24 bits per heavy atom. The number of anilines is 1. The Bertz CT molecular complexity index is 357. The van der Waals surface area contributed by atoms with E-state index in [4.69, 9.17) is 5.73 Å². The van der Waals surface area contributed by atoms with Gasteiger partial charge in [-0.1, -0.05) is 0 Å². The largest absolute Gasteiger partial charge is 0.383 e. The number of nitrogens with one attached hydrogen (secondary N) is 2. The van der Waals surface area contributed by atoms with Crippen molar-refractivity contribution < 1.29 is 4.79 Å². The molecule has 1 rings (SSSR count). The van der Waals surface area contributed by atoms with E-state index in [1.165, 1.54) is 0 Å². The van der Waals surface area contributed by atoms with Gasteiger partial charge in [-0.2, -0.15) is 0 Å². The molecule has 0 aliphatic rings. The highest BCUT2D eigenvalue weighted by molar-refractivity contribution is 5.94. The van der Waals surface area contributed by atoms with Gasteiger partial charge in [0.2, 0.25) is 0 Å². The predicted molar refractivity (Wildman–Crippen MR) is 73.8 cm³/mol. The van der Waals surface area contributed by atoms with Crippen LogP contribution >= 0.6 is 12.4 Å². The van der Waals surface area contributed by atoms with Crippen molar-refractivity contribution in [1.29, 1.82) is 0 Å². The van der Waals surface area contributed by atoms with E-state index in [0.29, 0.717) is 12.1 Å². The first-order valence-electron chi connectivity index (χ1n) is 5.27. The van der Waals surface area contributed by atoms with Crippen LogP contribution in [0.25, 0.3) is 0 Å². The Kier molecular flexibility index (Phi) is 5.99. The van der Waals surface area contributed by atoms with E-state index in [2.05, 4.69) is 10.6 Å². The van der Waals surface area contributed by atoms with Crippen molar-refractivity contribution in [2.75, 3.05) is 18.9 Å². The molecule has 0 spiro atoms. The lowest BCUT2D eigenvalue weighted by Gasteiger charge is -2.19. The highest BCUT2D eigenvalue weighted by Gasteiger charge is 2.09. The quantitative estimate of drug-likeness (QED) is 0.768. The van der Waals surface area contributed by atoms with Crippen molar-refractivity contribution in [3.05, 3.63) is 29.8 Å². The molecule has 0 aromatic heterocycles. The third kappa shape index (κ3) is 5.56. The number of carbonyl (C=O) groups is 1. The normalized spacial score (nSPS) is 10.4. The van der Waals surface area contributed by atoms with E-state index in [1.807, 2.05) is 26.0 Å². The van der Waals surface area contributed by atoms with Crippen LogP contribution in [0.1, 0.15) is 24.2 Å². The zero-order chi connectivity index (χ0) is 12.2. The fourth-order valence-corrected chi connectivity index (χ4v) is 1.21. The van der Waals surface area contributed by atoms with Gasteiger partial charge in [-0.05, 0) is 38.1 Å². The molecule has 0 bridgehead atoms. The van der Waals surface area contributed by atoms with Crippen LogP contribution in [-0.2, 0) is 0 Å². The maximum absolute atomic E-state index is 11.3. The molecule has 0 saturated heterocycles. The fourth-order valence-electron chi connectivity index (χ4n) is 1.21. The zero-order valence-corrected chi connectivity index (χ0v) is 11.2. The molecule has 0 radical (unpaired) electrons. The third-order valence-electron chi connectivity index (χ3n) is 2.12. The SMILES string of the molecule is CNC(=O)c1ccc(NCC(C)(C)N)cc1.Cl. The van der Waals surface area contributed by atoms with Gasteiger partial charge in [0, 0.05) is 30.4 Å². The van der Waals surface area contributed by atoms with Gasteiger partial charge in [-0.15, -0.1) is 12.4 Å². The summed E-state index contributed by atoms with van der Waals surface area (Å²) in [5.74, 6) is -0.0781. The molecule has 4 N–H and O–H groups in total. The molecule has 0 unspecified atom stereocenters. The summed E-state index contributed by atoms with van der Waals surface area (Å²) in [5, 5.41) is 5.79. The van der Waals surface area contributed by atoms with Crippen LogP contribution in [0.3, 0.4) is 0 Å². The van der Waals surface area contributed by atoms with E-state index in [1.54, 1.807) is 19.2 Å². The lowest BCUT2D eigenvalue weighted by Crippen LogP contribution is -2.39. The van der Waals surface area contributed by atoms with E-state index in [9.17, 15) is 4.79 Å². The summed E-state index contributed by atoms with van der Waals surface area (Å²) < 4.78 is 0. The van der Waals surface area contributed by atoms with Gasteiger partial charge in [0.25, 0.3) is 5.91 Å². The van der Waals surface area contributed by atoms with Crippen LogP contribution in [0.2, 0.25) is 0 Å². The maximum Gasteiger partial charge on any atom is 0.251 e. The summed E-state index contributed by atoms with van der Waals surface area (Å²) >= 11 is 0. The standard InChI is InChI=1S/C12H19N3O.ClH/c1-12(2,13)8-15-10-6-4-9(5-7-10)11(16)14-3;/h4-7,15H,8,13H2,1-3H3,(H,14,16);1H. The third-order valence-corrected chi connectivity index (χ3v) is 2.12. The molecule has 0 atom stereocenters. The number of nitrogens with two attached hydrogens (primary N) is 1. The average Bonchev–Trinajstić information content (AvgIpc) is 2.25. The topological polar surface area (TPSA) is 67.2 Å². The van der Waals surface area contributed by atoms with Gasteiger partial charge >= 0.3 is 0 Å². The molecule has 1 amide bonds. The molecule has 0 aliphatic heterocycles. The monoisotopic (exact) mass is 257 g/mol. The van der Waals surface area contributed by atoms with E-state index < -0.39 is 0 Å². The number of benzene rings is 1. The number of amides is 1. The minimum atomic E-state index is -0.251. The van der Waals surface area contributed by atoms with Crippen LogP contribution < -0.4 is 16.4 Å². The van der Waals surface area contributed by atoms with Crippen LogP contribution in [0.4, 0.5) is 5.69 Å². The molecule has 1 aromatic rings. The second-order valence-corrected chi connectivity index (χ2v) is 4.50. The van der Waals surface area contributed by atoms with Crippen molar-refractivity contribution in [3.8, 4) is 0 Å². The first kappa shape index (κ1) is 15.7. The van der Waals surface area contributed by atoms with Gasteiger partial charge in [0.15, 0.2) is 0 Å². The van der Waals surface area contributed by atoms with Gasteiger partial charge in [0.05, 0.1) is 0 Å². The molecule has 4 nitrogen and oxygen atoms in total. The molecular formula is C12H20ClN3O. The molecular weight excluding hydrogens is 238 g/mol. The Labute approximate surface area is 108 Å². The second-order valence-electron chi connectivity index (χ2n) is 4.50. The fraction of sp³-hybridized carbons (Fsp3) is 0.417. The smallest absolute Gasteiger partial charge is 0.251 e. The molecule has 1 aromatic carbocycles. The molecule has 0 aliphatic carbocycles. The van der Waals surface area contributed by atoms with Gasteiger partial charge in [-0.3, -0.25) is 4.79 Å². The minimum Gasteiger partial charge on any atom is -0.383 e. The highest BCUT2D eigenvalue weighted by Crippen LogP contribution is 2.10. The van der Waals surface area contributed by atoms with E-state index in [-0.39, 0.29) is 23.9 Å². The molecule has 96 valence electrons. The Hall–Kier alpha value is -1.26. The summed E-state index contributed by atoms with van der Waals surface area (Å²) in [4.78, 5) is 11.3. The van der Waals surface area contributed by atoms with Crippen molar-refractivity contribution in [1.82, 2.24) is 5.32 Å². The van der Waals surface area contributed by atoms with Gasteiger partial charge in [0.1, 0.15) is 0 Å². The maximum atomic E-state index is 11.3. The van der Waals surface area contributed by atoms with Crippen molar-refractivity contribution in [3.63, 3.8) is 0 Å². The number of halogens is 1. The summed E-state index contributed by atoms with van der Waals surface area (Å²) in [6, 6.07) is 7.31. The van der Waals surface area contributed by atoms with E-state index >= 15 is 0 Å². The van der Waals surface area contributed by atoms with Crippen LogP contribution in [0.5, 0.6) is 0 Å². The summed E-state index contributed by atoms with van der Waals surface area (Å²) in [7, 11) is 1.62. The average molecular weight is 258 g/mol. The van der Waals surface area contributed by atoms with Crippen molar-refractivity contribution in [2.45, 2.75) is 19.4 Å². The number of carbonyl (C=O) groups excluding carboxylic acids is 1. The number of hydrogen-bond acceptors (Lipinski definition) is 3. The first-order valence-corrected chi connectivity index (χ1v) is 5.27. The minimum absolute atomic E-state index is 0. The van der Waals surface area contributed by atoms with Crippen LogP contribution in [0.15, 0.2) is 24.3 Å². The molecule has 0 saturated carbocycles. The van der Waals surface area contributed by atoms with E-state index in [0.717, 1.165) is 5.69 Å². The predicted octanol–water partition coefficient (Wildman–Crippen LogP) is 1.62. The Morgan fingerprint density at radius 1 is 1.29 bits per heavy atom.